The molecule has 4 bridgehead atoms. The van der Waals surface area contributed by atoms with E-state index in [0.717, 1.165) is 24.8 Å². The van der Waals surface area contributed by atoms with E-state index in [4.69, 9.17) is 4.74 Å². The Morgan fingerprint density at radius 1 is 1.06 bits per heavy atom. The van der Waals surface area contributed by atoms with Crippen molar-refractivity contribution in [1.82, 2.24) is 10.2 Å². The number of likely N-dealkylation sites (tertiary alicyclic amines) is 1. The van der Waals surface area contributed by atoms with Crippen LogP contribution in [-0.2, 0) is 25.7 Å². The average Bonchev–Trinajstić information content (AvgIpc) is 3.18. The fourth-order valence-electron chi connectivity index (χ4n) is 7.17. The van der Waals surface area contributed by atoms with Gasteiger partial charge in [0, 0.05) is 19.5 Å². The number of nitrogens with one attached hydrogen (secondary N) is 1. The number of carbonyl (C=O) groups is 3. The zero-order valence-electron chi connectivity index (χ0n) is 19.2. The average molecular weight is 455 g/mol. The highest BCUT2D eigenvalue weighted by molar-refractivity contribution is 5.90. The Labute approximate surface area is 194 Å². The van der Waals surface area contributed by atoms with E-state index >= 15 is 0 Å². The van der Waals surface area contributed by atoms with Gasteiger partial charge >= 0.3 is 5.97 Å². The van der Waals surface area contributed by atoms with Crippen molar-refractivity contribution in [2.45, 2.75) is 76.7 Å². The molecule has 0 spiro atoms. The van der Waals surface area contributed by atoms with Crippen molar-refractivity contribution in [1.29, 1.82) is 0 Å². The van der Waals surface area contributed by atoms with Gasteiger partial charge in [0.2, 0.25) is 5.91 Å². The summed E-state index contributed by atoms with van der Waals surface area (Å²) < 4.78 is 5.48. The van der Waals surface area contributed by atoms with Crippen LogP contribution in [0.2, 0.25) is 0 Å². The second-order valence-corrected chi connectivity index (χ2v) is 10.8. The van der Waals surface area contributed by atoms with Crippen molar-refractivity contribution < 1.29 is 24.2 Å². The van der Waals surface area contributed by atoms with Gasteiger partial charge in [-0.15, -0.1) is 0 Å². The first-order valence-electron chi connectivity index (χ1n) is 12.3. The van der Waals surface area contributed by atoms with Gasteiger partial charge in [-0.1, -0.05) is 30.3 Å². The van der Waals surface area contributed by atoms with E-state index < -0.39 is 24.2 Å². The summed E-state index contributed by atoms with van der Waals surface area (Å²) >= 11 is 0. The quantitative estimate of drug-likeness (QED) is 0.644. The molecule has 1 aliphatic heterocycles. The number of hydrogen-bond acceptors (Lipinski definition) is 5. The monoisotopic (exact) mass is 454 g/mol. The van der Waals surface area contributed by atoms with Gasteiger partial charge in [0.05, 0.1) is 11.5 Å². The maximum absolute atomic E-state index is 13.8. The lowest BCUT2D eigenvalue weighted by Crippen LogP contribution is -2.56. The maximum atomic E-state index is 13.8. The lowest BCUT2D eigenvalue weighted by molar-refractivity contribution is -0.168. The maximum Gasteiger partial charge on any atom is 0.329 e. The predicted octanol–water partition coefficient (Wildman–Crippen LogP) is 2.41. The van der Waals surface area contributed by atoms with Gasteiger partial charge in [0.1, 0.15) is 6.04 Å². The van der Waals surface area contributed by atoms with Crippen LogP contribution in [0.4, 0.5) is 0 Å². The zero-order chi connectivity index (χ0) is 23.2. The molecule has 1 aromatic rings. The van der Waals surface area contributed by atoms with Crippen LogP contribution in [0.25, 0.3) is 0 Å². The van der Waals surface area contributed by atoms with Crippen LogP contribution in [0.15, 0.2) is 30.3 Å². The minimum atomic E-state index is -0.976. The van der Waals surface area contributed by atoms with Gasteiger partial charge in [-0.25, -0.2) is 4.79 Å². The molecule has 2 N–H and O–H groups in total. The van der Waals surface area contributed by atoms with E-state index in [1.165, 1.54) is 26.2 Å². The third kappa shape index (κ3) is 4.39. The molecular weight excluding hydrogens is 420 g/mol. The summed E-state index contributed by atoms with van der Waals surface area (Å²) in [4.78, 5) is 40.8. The highest BCUT2D eigenvalue weighted by atomic mass is 16.5. The normalized spacial score (nSPS) is 35.3. The second-order valence-electron chi connectivity index (χ2n) is 10.8. The molecule has 3 atom stereocenters. The first-order chi connectivity index (χ1) is 15.8. The van der Waals surface area contributed by atoms with E-state index in [0.29, 0.717) is 24.3 Å². The first-order valence-corrected chi connectivity index (χ1v) is 12.3. The number of hydrogen-bond donors (Lipinski definition) is 2. The molecular formula is C26H34N2O5. The number of rotatable bonds is 6. The third-order valence-corrected chi connectivity index (χ3v) is 8.28. The Morgan fingerprint density at radius 3 is 2.27 bits per heavy atom. The Bertz CT molecular complexity index is 881. The third-order valence-electron chi connectivity index (χ3n) is 8.28. The van der Waals surface area contributed by atoms with Crippen LogP contribution >= 0.6 is 0 Å². The van der Waals surface area contributed by atoms with Gasteiger partial charge < -0.3 is 20.1 Å². The van der Waals surface area contributed by atoms with Crippen molar-refractivity contribution in [3.63, 3.8) is 0 Å². The molecule has 4 aliphatic carbocycles. The van der Waals surface area contributed by atoms with Gasteiger partial charge in [-0.2, -0.15) is 0 Å². The summed E-state index contributed by atoms with van der Waals surface area (Å²) in [6.45, 7) is 2.05. The van der Waals surface area contributed by atoms with E-state index in [1.807, 2.05) is 30.3 Å². The standard InChI is InChI=1S/C26H34N2O5/c1-16(23(30)27-14-17-5-3-2-4-6-17)33-24(31)22-10-21(29)15-28(22)25(32)26-11-18-7-19(12-26)9-20(8-18)13-26/h2-6,16,18-22,29H,7-15H2,1H3,(H,27,30)/t16?,18?,19?,20?,21?,22-,26?/m0/s1. The molecule has 7 nitrogen and oxygen atoms in total. The molecule has 6 rings (SSSR count). The van der Waals surface area contributed by atoms with Crippen molar-refractivity contribution in [3.8, 4) is 0 Å². The Balaban J connectivity index is 1.22. The molecule has 5 aliphatic rings. The predicted molar refractivity (Wildman–Crippen MR) is 121 cm³/mol. The van der Waals surface area contributed by atoms with Gasteiger partial charge in [0.25, 0.3) is 5.91 Å². The summed E-state index contributed by atoms with van der Waals surface area (Å²) in [6, 6.07) is 8.68. The molecule has 1 aromatic carbocycles. The van der Waals surface area contributed by atoms with E-state index in [1.54, 1.807) is 4.90 Å². The molecule has 0 aromatic heterocycles. The van der Waals surface area contributed by atoms with Gasteiger partial charge in [-0.05, 0) is 68.8 Å². The summed E-state index contributed by atoms with van der Waals surface area (Å²) in [6.07, 6.45) is 4.86. The number of esters is 1. The number of aliphatic hydroxyl groups is 1. The number of aliphatic hydroxyl groups excluding tert-OH is 1. The minimum Gasteiger partial charge on any atom is -0.451 e. The minimum absolute atomic E-state index is 0.0151. The number of nitrogens with zero attached hydrogens (tertiary/aromatic N) is 1. The fraction of sp³-hybridized carbons (Fsp3) is 0.654. The topological polar surface area (TPSA) is 95.9 Å². The SMILES string of the molecule is CC(OC(=O)[C@@H]1CC(O)CN1C(=O)C12CC3CC(CC(C3)C1)C2)C(=O)NCc1ccccc1. The number of carbonyl (C=O) groups excluding carboxylic acids is 3. The summed E-state index contributed by atoms with van der Waals surface area (Å²) in [5, 5.41) is 13.1. The molecule has 4 saturated carbocycles. The van der Waals surface area contributed by atoms with Crippen LogP contribution in [0.1, 0.15) is 57.4 Å². The first kappa shape index (κ1) is 22.4. The largest absolute Gasteiger partial charge is 0.451 e. The Morgan fingerprint density at radius 2 is 1.67 bits per heavy atom. The van der Waals surface area contributed by atoms with Crippen molar-refractivity contribution in [2.24, 2.45) is 23.2 Å². The summed E-state index contributed by atoms with van der Waals surface area (Å²) in [5.41, 5.74) is 0.575. The highest BCUT2D eigenvalue weighted by Crippen LogP contribution is 2.60. The van der Waals surface area contributed by atoms with Crippen LogP contribution in [0.5, 0.6) is 0 Å². The van der Waals surface area contributed by atoms with Crippen LogP contribution in [-0.4, -0.2) is 52.6 Å². The molecule has 5 fully saturated rings. The fourth-order valence-corrected chi connectivity index (χ4v) is 7.17. The number of amides is 2. The molecule has 1 saturated heterocycles. The van der Waals surface area contributed by atoms with Crippen LogP contribution in [0, 0.1) is 23.2 Å². The smallest absolute Gasteiger partial charge is 0.329 e. The molecule has 0 radical (unpaired) electrons. The van der Waals surface area contributed by atoms with Crippen LogP contribution < -0.4 is 5.32 Å². The van der Waals surface area contributed by atoms with Gasteiger partial charge in [0.15, 0.2) is 6.10 Å². The molecule has 33 heavy (non-hydrogen) atoms. The molecule has 178 valence electrons. The Hall–Kier alpha value is -2.41. The lowest BCUT2D eigenvalue weighted by atomic mass is 9.49. The number of β-amino-alcohol motifs (C(OH)–C–C–N with tert-alkyl or cyclic N) is 1. The van der Waals surface area contributed by atoms with Gasteiger partial charge in [-0.3, -0.25) is 9.59 Å². The van der Waals surface area contributed by atoms with Crippen LogP contribution in [0.3, 0.4) is 0 Å². The lowest BCUT2D eigenvalue weighted by Gasteiger charge is -2.56. The molecule has 2 amide bonds. The Kier molecular flexibility index (Phi) is 5.93. The summed E-state index contributed by atoms with van der Waals surface area (Å²) in [7, 11) is 0. The second kappa shape index (κ2) is 8.75. The van der Waals surface area contributed by atoms with E-state index in [-0.39, 0.29) is 30.2 Å². The van der Waals surface area contributed by atoms with Crippen molar-refractivity contribution in [3.05, 3.63) is 35.9 Å². The number of ether oxygens (including phenoxy) is 1. The van der Waals surface area contributed by atoms with Crippen molar-refractivity contribution in [2.75, 3.05) is 6.54 Å². The molecule has 2 unspecified atom stereocenters. The molecule has 7 heteroatoms. The van der Waals surface area contributed by atoms with E-state index in [2.05, 4.69) is 5.32 Å². The van der Waals surface area contributed by atoms with Crippen molar-refractivity contribution >= 4 is 17.8 Å². The van der Waals surface area contributed by atoms with E-state index in [9.17, 15) is 19.5 Å². The number of benzene rings is 1. The highest BCUT2D eigenvalue weighted by Gasteiger charge is 2.57. The molecule has 1 heterocycles. The zero-order valence-corrected chi connectivity index (χ0v) is 19.2. The summed E-state index contributed by atoms with van der Waals surface area (Å²) in [5.74, 6) is 0.877.